The van der Waals surface area contributed by atoms with Crippen molar-refractivity contribution in [3.05, 3.63) is 77.6 Å². The third-order valence-corrected chi connectivity index (χ3v) is 4.65. The van der Waals surface area contributed by atoms with Gasteiger partial charge in [-0.2, -0.15) is 0 Å². The van der Waals surface area contributed by atoms with E-state index in [1.165, 1.54) is 11.1 Å². The van der Waals surface area contributed by atoms with E-state index in [1.807, 2.05) is 41.3 Å². The normalized spacial score (nSPS) is 13.0. The lowest BCUT2D eigenvalue weighted by molar-refractivity contribution is 0.0728. The number of aromatic nitrogens is 2. The molecule has 0 radical (unpaired) electrons. The Morgan fingerprint density at radius 2 is 1.85 bits per heavy atom. The molecule has 2 heterocycles. The van der Waals surface area contributed by atoms with Crippen molar-refractivity contribution in [3.8, 4) is 5.75 Å². The molecule has 1 aliphatic rings. The predicted octanol–water partition coefficient (Wildman–Crippen LogP) is 3.43. The van der Waals surface area contributed by atoms with Gasteiger partial charge in [0.15, 0.2) is 0 Å². The van der Waals surface area contributed by atoms with E-state index < -0.39 is 0 Å². The summed E-state index contributed by atoms with van der Waals surface area (Å²) in [6.45, 7) is 1.30. The molecule has 27 heavy (non-hydrogen) atoms. The van der Waals surface area contributed by atoms with Crippen LogP contribution in [0.2, 0.25) is 0 Å². The number of nitrogens with zero attached hydrogens (tertiary/aromatic N) is 3. The monoisotopic (exact) mass is 360 g/mol. The SMILES string of the molecule is COc1ccccc1Nc1nccc(C(=O)N2CCc3ccccc3C2)n1. The molecule has 0 atom stereocenters. The first-order valence-electron chi connectivity index (χ1n) is 8.84. The molecule has 136 valence electrons. The van der Waals surface area contributed by atoms with Crippen LogP contribution in [0, 0.1) is 0 Å². The third kappa shape index (κ3) is 3.60. The van der Waals surface area contributed by atoms with Crippen molar-refractivity contribution in [1.29, 1.82) is 0 Å². The molecule has 0 saturated carbocycles. The van der Waals surface area contributed by atoms with Crippen molar-refractivity contribution in [2.24, 2.45) is 0 Å². The summed E-state index contributed by atoms with van der Waals surface area (Å²) in [6, 6.07) is 17.4. The van der Waals surface area contributed by atoms with Crippen molar-refractivity contribution in [3.63, 3.8) is 0 Å². The zero-order chi connectivity index (χ0) is 18.6. The first kappa shape index (κ1) is 17.0. The van der Waals surface area contributed by atoms with Crippen LogP contribution in [0.4, 0.5) is 11.6 Å². The van der Waals surface area contributed by atoms with Crippen LogP contribution < -0.4 is 10.1 Å². The molecule has 0 spiro atoms. The van der Waals surface area contributed by atoms with Gasteiger partial charge in [-0.3, -0.25) is 4.79 Å². The number of anilines is 2. The smallest absolute Gasteiger partial charge is 0.272 e. The molecule has 6 nitrogen and oxygen atoms in total. The fraction of sp³-hybridized carbons (Fsp3) is 0.190. The maximum atomic E-state index is 12.9. The highest BCUT2D eigenvalue weighted by molar-refractivity contribution is 5.92. The summed E-state index contributed by atoms with van der Waals surface area (Å²) in [4.78, 5) is 23.4. The fourth-order valence-corrected chi connectivity index (χ4v) is 3.24. The van der Waals surface area contributed by atoms with Crippen molar-refractivity contribution in [1.82, 2.24) is 14.9 Å². The number of carbonyl (C=O) groups excluding carboxylic acids is 1. The Morgan fingerprint density at radius 3 is 2.70 bits per heavy atom. The van der Waals surface area contributed by atoms with Crippen molar-refractivity contribution >= 4 is 17.5 Å². The second-order valence-electron chi connectivity index (χ2n) is 6.34. The number of rotatable bonds is 4. The van der Waals surface area contributed by atoms with Crippen LogP contribution in [0.25, 0.3) is 0 Å². The number of hydrogen-bond donors (Lipinski definition) is 1. The van der Waals surface area contributed by atoms with E-state index in [-0.39, 0.29) is 5.91 Å². The van der Waals surface area contributed by atoms with Crippen LogP contribution in [0.5, 0.6) is 5.75 Å². The molecule has 6 heteroatoms. The third-order valence-electron chi connectivity index (χ3n) is 4.65. The van der Waals surface area contributed by atoms with Gasteiger partial charge in [0.05, 0.1) is 12.8 Å². The van der Waals surface area contributed by atoms with E-state index in [9.17, 15) is 4.79 Å². The highest BCUT2D eigenvalue weighted by Gasteiger charge is 2.22. The molecule has 1 N–H and O–H groups in total. The summed E-state index contributed by atoms with van der Waals surface area (Å²) in [5.74, 6) is 0.961. The number of amides is 1. The van der Waals surface area contributed by atoms with Gasteiger partial charge in [-0.1, -0.05) is 36.4 Å². The van der Waals surface area contributed by atoms with Gasteiger partial charge in [0.1, 0.15) is 11.4 Å². The highest BCUT2D eigenvalue weighted by Crippen LogP contribution is 2.26. The average molecular weight is 360 g/mol. The number of para-hydroxylation sites is 2. The van der Waals surface area contributed by atoms with Gasteiger partial charge in [-0.25, -0.2) is 9.97 Å². The maximum Gasteiger partial charge on any atom is 0.272 e. The zero-order valence-electron chi connectivity index (χ0n) is 15.1. The fourth-order valence-electron chi connectivity index (χ4n) is 3.24. The van der Waals surface area contributed by atoms with Gasteiger partial charge < -0.3 is 15.0 Å². The molecule has 0 saturated heterocycles. The molecule has 0 aliphatic carbocycles. The quantitative estimate of drug-likeness (QED) is 0.772. The molecule has 2 aromatic carbocycles. The summed E-state index contributed by atoms with van der Waals surface area (Å²) >= 11 is 0. The summed E-state index contributed by atoms with van der Waals surface area (Å²) < 4.78 is 5.33. The summed E-state index contributed by atoms with van der Waals surface area (Å²) in [5.41, 5.74) is 3.62. The number of nitrogens with one attached hydrogen (secondary N) is 1. The molecule has 0 bridgehead atoms. The molecule has 1 aliphatic heterocycles. The molecule has 3 aromatic rings. The topological polar surface area (TPSA) is 67.3 Å². The van der Waals surface area contributed by atoms with E-state index in [2.05, 4.69) is 27.4 Å². The van der Waals surface area contributed by atoms with E-state index in [0.29, 0.717) is 30.5 Å². The van der Waals surface area contributed by atoms with Gasteiger partial charge in [-0.15, -0.1) is 0 Å². The second-order valence-corrected chi connectivity index (χ2v) is 6.34. The van der Waals surface area contributed by atoms with Crippen LogP contribution in [0.15, 0.2) is 60.8 Å². The second kappa shape index (κ2) is 7.45. The van der Waals surface area contributed by atoms with Crippen molar-refractivity contribution in [2.75, 3.05) is 19.0 Å². The van der Waals surface area contributed by atoms with E-state index >= 15 is 0 Å². The predicted molar refractivity (Wildman–Crippen MR) is 103 cm³/mol. The summed E-state index contributed by atoms with van der Waals surface area (Å²) in [7, 11) is 1.61. The minimum absolute atomic E-state index is 0.0880. The Morgan fingerprint density at radius 1 is 1.07 bits per heavy atom. The highest BCUT2D eigenvalue weighted by atomic mass is 16.5. The Labute approximate surface area is 157 Å². The molecule has 0 unspecified atom stereocenters. The Balaban J connectivity index is 1.53. The average Bonchev–Trinajstić information content (AvgIpc) is 2.73. The van der Waals surface area contributed by atoms with E-state index in [4.69, 9.17) is 4.74 Å². The van der Waals surface area contributed by atoms with Crippen molar-refractivity contribution < 1.29 is 9.53 Å². The van der Waals surface area contributed by atoms with Gasteiger partial charge in [-0.05, 0) is 35.7 Å². The largest absolute Gasteiger partial charge is 0.495 e. The van der Waals surface area contributed by atoms with Crippen LogP contribution in [0.3, 0.4) is 0 Å². The molecular weight excluding hydrogens is 340 g/mol. The molecule has 0 fully saturated rings. The lowest BCUT2D eigenvalue weighted by Crippen LogP contribution is -2.36. The molecule has 4 rings (SSSR count). The number of benzene rings is 2. The number of methoxy groups -OCH3 is 1. The standard InChI is InChI=1S/C21H20N4O2/c1-27-19-9-5-4-8-17(19)23-21-22-12-10-18(24-21)20(26)25-13-11-15-6-2-3-7-16(15)14-25/h2-10,12H,11,13-14H2,1H3,(H,22,23,24). The Bertz CT molecular complexity index is 974. The van der Waals surface area contributed by atoms with Gasteiger partial charge in [0.25, 0.3) is 5.91 Å². The molecular formula is C21H20N4O2. The van der Waals surface area contributed by atoms with E-state index in [0.717, 1.165) is 12.1 Å². The number of carbonyl (C=O) groups is 1. The summed E-state index contributed by atoms with van der Waals surface area (Å²) in [5, 5.41) is 3.12. The Hall–Kier alpha value is -3.41. The number of hydrogen-bond acceptors (Lipinski definition) is 5. The summed E-state index contributed by atoms with van der Waals surface area (Å²) in [6.07, 6.45) is 2.45. The lowest BCUT2D eigenvalue weighted by Gasteiger charge is -2.28. The number of fused-ring (bicyclic) bond motifs is 1. The van der Waals surface area contributed by atoms with Crippen LogP contribution >= 0.6 is 0 Å². The first-order chi connectivity index (χ1) is 13.2. The first-order valence-corrected chi connectivity index (χ1v) is 8.84. The minimum atomic E-state index is -0.0880. The van der Waals surface area contributed by atoms with Crippen molar-refractivity contribution in [2.45, 2.75) is 13.0 Å². The van der Waals surface area contributed by atoms with Crippen LogP contribution in [0.1, 0.15) is 21.6 Å². The zero-order valence-corrected chi connectivity index (χ0v) is 15.1. The van der Waals surface area contributed by atoms with Gasteiger partial charge in [0.2, 0.25) is 5.95 Å². The van der Waals surface area contributed by atoms with Gasteiger partial charge in [0, 0.05) is 19.3 Å². The molecule has 1 aromatic heterocycles. The Kier molecular flexibility index (Phi) is 4.70. The van der Waals surface area contributed by atoms with Crippen LogP contribution in [-0.2, 0) is 13.0 Å². The maximum absolute atomic E-state index is 12.9. The number of ether oxygens (including phenoxy) is 1. The van der Waals surface area contributed by atoms with E-state index in [1.54, 1.807) is 19.4 Å². The van der Waals surface area contributed by atoms with Gasteiger partial charge >= 0.3 is 0 Å². The lowest BCUT2D eigenvalue weighted by atomic mass is 10.00. The van der Waals surface area contributed by atoms with Crippen LogP contribution in [-0.4, -0.2) is 34.4 Å². The molecule has 1 amide bonds. The minimum Gasteiger partial charge on any atom is -0.495 e.